The molecular weight excluding hydrogens is 462 g/mol. The van der Waals surface area contributed by atoms with Gasteiger partial charge in [0.2, 0.25) is 0 Å². The molecule has 0 amide bonds. The van der Waals surface area contributed by atoms with Crippen molar-refractivity contribution in [2.24, 2.45) is 0 Å². The first-order chi connectivity index (χ1) is 14.7. The zero-order valence-electron chi connectivity index (χ0n) is 15.9. The first-order valence-electron chi connectivity index (χ1n) is 9.78. The molecule has 8 heteroatoms. The molecule has 0 bridgehead atoms. The molecule has 4 heterocycles. The highest BCUT2D eigenvalue weighted by atomic mass is 79.9. The molecule has 0 fully saturated rings. The normalized spacial score (nSPS) is 13.4. The van der Waals surface area contributed by atoms with Crippen LogP contribution in [0.1, 0.15) is 22.4 Å². The lowest BCUT2D eigenvalue weighted by Crippen LogP contribution is -2.28. The molecule has 0 unspecified atom stereocenters. The summed E-state index contributed by atoms with van der Waals surface area (Å²) in [7, 11) is 0. The molecule has 0 aliphatic heterocycles. The van der Waals surface area contributed by atoms with Gasteiger partial charge < -0.3 is 0 Å². The van der Waals surface area contributed by atoms with E-state index in [2.05, 4.69) is 26.0 Å². The van der Waals surface area contributed by atoms with Crippen molar-refractivity contribution in [1.82, 2.24) is 24.1 Å². The van der Waals surface area contributed by atoms with Crippen molar-refractivity contribution in [3.63, 3.8) is 0 Å². The summed E-state index contributed by atoms with van der Waals surface area (Å²) in [5.74, 6) is 0.529. The SMILES string of the molecule is O=c1n(Cc2ccc(Br)cc2)c2sc3c(c2c2nc(-c4cccnc4)nn12)CCC3. The Bertz CT molecular complexity index is 1470. The topological polar surface area (TPSA) is 65.1 Å². The van der Waals surface area contributed by atoms with Gasteiger partial charge in [-0.05, 0) is 54.7 Å². The second kappa shape index (κ2) is 6.85. The lowest BCUT2D eigenvalue weighted by Gasteiger charge is -2.09. The van der Waals surface area contributed by atoms with Crippen LogP contribution >= 0.6 is 27.3 Å². The number of fused-ring (bicyclic) bond motifs is 5. The Labute approximate surface area is 184 Å². The average Bonchev–Trinajstić information content (AvgIpc) is 3.47. The number of pyridine rings is 1. The summed E-state index contributed by atoms with van der Waals surface area (Å²) in [6, 6.07) is 11.8. The second-order valence-corrected chi connectivity index (χ2v) is 9.44. The minimum Gasteiger partial charge on any atom is -0.278 e. The van der Waals surface area contributed by atoms with Crippen molar-refractivity contribution in [3.05, 3.63) is 79.8 Å². The molecule has 1 aliphatic rings. The first-order valence-corrected chi connectivity index (χ1v) is 11.4. The Morgan fingerprint density at radius 3 is 2.80 bits per heavy atom. The Kier molecular flexibility index (Phi) is 4.10. The van der Waals surface area contributed by atoms with Gasteiger partial charge >= 0.3 is 5.69 Å². The summed E-state index contributed by atoms with van der Waals surface area (Å²) >= 11 is 5.21. The smallest absolute Gasteiger partial charge is 0.278 e. The quantitative estimate of drug-likeness (QED) is 0.384. The molecule has 1 aliphatic carbocycles. The number of aromatic nitrogens is 5. The van der Waals surface area contributed by atoms with Crippen LogP contribution in [0.2, 0.25) is 0 Å². The molecule has 6 nitrogen and oxygen atoms in total. The monoisotopic (exact) mass is 477 g/mol. The summed E-state index contributed by atoms with van der Waals surface area (Å²) in [6.07, 6.45) is 6.69. The van der Waals surface area contributed by atoms with Crippen LogP contribution in [0.5, 0.6) is 0 Å². The van der Waals surface area contributed by atoms with E-state index < -0.39 is 0 Å². The highest BCUT2D eigenvalue weighted by Crippen LogP contribution is 2.39. The molecule has 4 aromatic heterocycles. The van der Waals surface area contributed by atoms with E-state index in [-0.39, 0.29) is 5.69 Å². The molecular formula is C22H16BrN5OS. The van der Waals surface area contributed by atoms with Gasteiger partial charge in [-0.2, -0.15) is 4.52 Å². The Morgan fingerprint density at radius 1 is 1.13 bits per heavy atom. The van der Waals surface area contributed by atoms with Gasteiger partial charge in [0, 0.05) is 27.3 Å². The van der Waals surface area contributed by atoms with Gasteiger partial charge in [-0.25, -0.2) is 9.78 Å². The highest BCUT2D eigenvalue weighted by Gasteiger charge is 2.25. The molecule has 0 N–H and O–H groups in total. The number of nitrogens with zero attached hydrogens (tertiary/aromatic N) is 5. The van der Waals surface area contributed by atoms with Gasteiger partial charge in [-0.1, -0.05) is 28.1 Å². The van der Waals surface area contributed by atoms with Gasteiger partial charge in [0.25, 0.3) is 0 Å². The molecule has 5 aromatic rings. The number of hydrogen-bond donors (Lipinski definition) is 0. The maximum atomic E-state index is 13.5. The van der Waals surface area contributed by atoms with Crippen molar-refractivity contribution in [1.29, 1.82) is 0 Å². The zero-order chi connectivity index (χ0) is 20.2. The van der Waals surface area contributed by atoms with Crippen molar-refractivity contribution < 1.29 is 0 Å². The molecule has 1 aromatic carbocycles. The molecule has 0 atom stereocenters. The maximum absolute atomic E-state index is 13.5. The molecule has 0 spiro atoms. The molecule has 0 radical (unpaired) electrons. The molecule has 6 rings (SSSR count). The third-order valence-electron chi connectivity index (χ3n) is 5.56. The third-order valence-corrected chi connectivity index (χ3v) is 7.41. The minimum absolute atomic E-state index is 0.164. The Balaban J connectivity index is 1.64. The van der Waals surface area contributed by atoms with E-state index in [9.17, 15) is 4.79 Å². The zero-order valence-corrected chi connectivity index (χ0v) is 18.3. The molecule has 148 valence electrons. The van der Waals surface area contributed by atoms with Crippen LogP contribution in [0.15, 0.2) is 58.1 Å². The lowest BCUT2D eigenvalue weighted by molar-refractivity contribution is 0.720. The number of benzene rings is 1. The summed E-state index contributed by atoms with van der Waals surface area (Å²) in [4.78, 5) is 24.8. The fourth-order valence-corrected chi connectivity index (χ4v) is 5.79. The average molecular weight is 478 g/mol. The van der Waals surface area contributed by atoms with Crippen LogP contribution in [-0.4, -0.2) is 24.1 Å². The number of hydrogen-bond acceptors (Lipinski definition) is 5. The van der Waals surface area contributed by atoms with E-state index in [1.165, 1.54) is 15.0 Å². The van der Waals surface area contributed by atoms with Gasteiger partial charge in [0.05, 0.1) is 11.9 Å². The van der Waals surface area contributed by atoms with Gasteiger partial charge in [-0.15, -0.1) is 16.4 Å². The van der Waals surface area contributed by atoms with Crippen molar-refractivity contribution >= 4 is 43.1 Å². The van der Waals surface area contributed by atoms with E-state index in [0.717, 1.165) is 45.1 Å². The minimum atomic E-state index is -0.164. The maximum Gasteiger partial charge on any atom is 0.352 e. The fourth-order valence-electron chi connectivity index (χ4n) is 4.15. The number of aryl methyl sites for hydroxylation is 2. The van der Waals surface area contributed by atoms with Gasteiger partial charge in [-0.3, -0.25) is 9.55 Å². The Hall–Kier alpha value is -2.84. The number of halogens is 1. The number of thiophene rings is 1. The van der Waals surface area contributed by atoms with E-state index in [1.807, 2.05) is 41.0 Å². The second-order valence-electron chi connectivity index (χ2n) is 7.45. The van der Waals surface area contributed by atoms with Gasteiger partial charge in [0.15, 0.2) is 11.5 Å². The predicted octanol–water partition coefficient (Wildman–Crippen LogP) is 4.47. The van der Waals surface area contributed by atoms with Crippen molar-refractivity contribution in [2.45, 2.75) is 25.8 Å². The third kappa shape index (κ3) is 2.74. The van der Waals surface area contributed by atoms with Crippen molar-refractivity contribution in [3.8, 4) is 11.4 Å². The van der Waals surface area contributed by atoms with E-state index in [0.29, 0.717) is 18.0 Å². The van der Waals surface area contributed by atoms with Crippen LogP contribution in [0.3, 0.4) is 0 Å². The highest BCUT2D eigenvalue weighted by molar-refractivity contribution is 9.10. The largest absolute Gasteiger partial charge is 0.352 e. The summed E-state index contributed by atoms with van der Waals surface area (Å²) in [6.45, 7) is 0.500. The predicted molar refractivity (Wildman–Crippen MR) is 121 cm³/mol. The number of rotatable bonds is 3. The van der Waals surface area contributed by atoms with Crippen molar-refractivity contribution in [2.75, 3.05) is 0 Å². The molecule has 0 saturated carbocycles. The Morgan fingerprint density at radius 2 is 2.00 bits per heavy atom. The molecule has 0 saturated heterocycles. The van der Waals surface area contributed by atoms with E-state index in [1.54, 1.807) is 23.7 Å². The molecule has 30 heavy (non-hydrogen) atoms. The standard InChI is InChI=1S/C22H16BrN5OS/c23-15-8-6-13(7-9-15)12-27-21-18(16-4-1-5-17(16)30-21)20-25-19(26-28(20)22(27)29)14-3-2-10-24-11-14/h2-3,6-11H,1,4-5,12H2. The lowest BCUT2D eigenvalue weighted by atomic mass is 10.2. The van der Waals surface area contributed by atoms with Crippen LogP contribution in [0.4, 0.5) is 0 Å². The van der Waals surface area contributed by atoms with E-state index in [4.69, 9.17) is 4.98 Å². The van der Waals surface area contributed by atoms with E-state index >= 15 is 0 Å². The van der Waals surface area contributed by atoms with Crippen LogP contribution in [0, 0.1) is 0 Å². The summed E-state index contributed by atoms with van der Waals surface area (Å²) < 4.78 is 4.33. The van der Waals surface area contributed by atoms with Crippen LogP contribution < -0.4 is 5.69 Å². The van der Waals surface area contributed by atoms with Crippen LogP contribution in [-0.2, 0) is 19.4 Å². The summed E-state index contributed by atoms with van der Waals surface area (Å²) in [5.41, 5.74) is 3.69. The fraction of sp³-hybridized carbons (Fsp3) is 0.182. The van der Waals surface area contributed by atoms with Gasteiger partial charge in [0.1, 0.15) is 4.83 Å². The van der Waals surface area contributed by atoms with Crippen LogP contribution in [0.25, 0.3) is 27.3 Å². The first kappa shape index (κ1) is 18.0. The summed E-state index contributed by atoms with van der Waals surface area (Å²) in [5, 5.41) is 5.66.